The molecule has 1 fully saturated rings. The number of quaternary nitrogens is 1. The summed E-state index contributed by atoms with van der Waals surface area (Å²) in [7, 11) is 0. The second-order valence-electron chi connectivity index (χ2n) is 8.01. The molecule has 0 unspecified atom stereocenters. The summed E-state index contributed by atoms with van der Waals surface area (Å²) in [6.45, 7) is 12.7. The number of aromatic nitrogens is 1. The number of nitrogens with one attached hydrogen (secondary N) is 2. The van der Waals surface area contributed by atoms with Crippen LogP contribution in [0, 0.1) is 13.8 Å². The number of benzene rings is 1. The van der Waals surface area contributed by atoms with Crippen molar-refractivity contribution in [3.8, 4) is 0 Å². The summed E-state index contributed by atoms with van der Waals surface area (Å²) in [6, 6.07) is 10.0. The molecule has 28 heavy (non-hydrogen) atoms. The minimum atomic E-state index is -0.0684. The third-order valence-electron chi connectivity index (χ3n) is 5.30. The molecule has 6 heteroatoms. The maximum Gasteiger partial charge on any atom is 0.254 e. The molecule has 0 atom stereocenters. The van der Waals surface area contributed by atoms with E-state index in [2.05, 4.69) is 56.2 Å². The van der Waals surface area contributed by atoms with Crippen molar-refractivity contribution < 1.29 is 14.4 Å². The predicted octanol–water partition coefficient (Wildman–Crippen LogP) is 2.27. The van der Waals surface area contributed by atoms with Crippen molar-refractivity contribution in [1.29, 1.82) is 0 Å². The van der Waals surface area contributed by atoms with Crippen molar-refractivity contribution in [2.45, 2.75) is 43.2 Å². The van der Waals surface area contributed by atoms with E-state index >= 15 is 0 Å². The lowest BCUT2D eigenvalue weighted by atomic mass is 10.0. The highest BCUT2D eigenvalue weighted by atomic mass is 32.2. The van der Waals surface area contributed by atoms with Gasteiger partial charge in [0.25, 0.3) is 5.91 Å². The molecular formula is C22H30N3O2S+. The number of ether oxygens (including phenoxy) is 1. The van der Waals surface area contributed by atoms with Crippen LogP contribution in [0.4, 0.5) is 0 Å². The first-order valence-electron chi connectivity index (χ1n) is 9.78. The van der Waals surface area contributed by atoms with Gasteiger partial charge in [0.15, 0.2) is 0 Å². The number of nitrogens with zero attached hydrogens (tertiary/aromatic N) is 1. The van der Waals surface area contributed by atoms with Gasteiger partial charge in [-0.25, -0.2) is 4.98 Å². The largest absolute Gasteiger partial charge is 0.370 e. The van der Waals surface area contributed by atoms with E-state index in [-0.39, 0.29) is 11.4 Å². The molecule has 5 nitrogen and oxygen atoms in total. The number of carbonyl (C=O) groups excluding carboxylic acids is 1. The number of amides is 1. The average Bonchev–Trinajstić information content (AvgIpc) is 2.69. The zero-order valence-electron chi connectivity index (χ0n) is 17.2. The van der Waals surface area contributed by atoms with Crippen molar-refractivity contribution in [3.63, 3.8) is 0 Å². The van der Waals surface area contributed by atoms with Crippen LogP contribution < -0.4 is 10.2 Å². The van der Waals surface area contributed by atoms with Crippen LogP contribution in [-0.2, 0) is 4.74 Å². The molecule has 0 saturated carbocycles. The SMILES string of the molecule is Cc1ccc(Sc2ncccc2C(=O)NCC(C)(C)[NH+]2CCOCC2)c(C)c1. The summed E-state index contributed by atoms with van der Waals surface area (Å²) in [5.41, 5.74) is 3.01. The van der Waals surface area contributed by atoms with Crippen LogP contribution in [0.3, 0.4) is 0 Å². The number of pyridine rings is 1. The Morgan fingerprint density at radius 3 is 2.71 bits per heavy atom. The molecule has 1 aliphatic heterocycles. The Morgan fingerprint density at radius 2 is 2.00 bits per heavy atom. The van der Waals surface area contributed by atoms with Gasteiger partial charge in [-0.15, -0.1) is 0 Å². The summed E-state index contributed by atoms with van der Waals surface area (Å²) < 4.78 is 5.46. The Hall–Kier alpha value is -1.89. The van der Waals surface area contributed by atoms with Crippen LogP contribution in [0.1, 0.15) is 35.3 Å². The number of morpholine rings is 1. The van der Waals surface area contributed by atoms with E-state index in [1.807, 2.05) is 12.1 Å². The van der Waals surface area contributed by atoms with Gasteiger partial charge >= 0.3 is 0 Å². The second-order valence-corrected chi connectivity index (χ2v) is 9.04. The number of rotatable bonds is 6. The lowest BCUT2D eigenvalue weighted by molar-refractivity contribution is -0.954. The third-order valence-corrected chi connectivity index (χ3v) is 6.49. The van der Waals surface area contributed by atoms with Gasteiger partial charge in [0, 0.05) is 11.1 Å². The lowest BCUT2D eigenvalue weighted by Crippen LogP contribution is -3.22. The molecule has 2 heterocycles. The van der Waals surface area contributed by atoms with Crippen LogP contribution in [-0.4, -0.2) is 49.3 Å². The van der Waals surface area contributed by atoms with Gasteiger partial charge in [-0.3, -0.25) is 4.79 Å². The summed E-state index contributed by atoms with van der Waals surface area (Å²) >= 11 is 1.55. The summed E-state index contributed by atoms with van der Waals surface area (Å²) in [6.07, 6.45) is 1.74. The van der Waals surface area contributed by atoms with Crippen LogP contribution in [0.5, 0.6) is 0 Å². The highest BCUT2D eigenvalue weighted by molar-refractivity contribution is 7.99. The van der Waals surface area contributed by atoms with Gasteiger partial charge in [-0.2, -0.15) is 0 Å². The minimum Gasteiger partial charge on any atom is -0.370 e. The van der Waals surface area contributed by atoms with Gasteiger partial charge in [-0.1, -0.05) is 29.5 Å². The third kappa shape index (κ3) is 5.13. The van der Waals surface area contributed by atoms with E-state index < -0.39 is 0 Å². The van der Waals surface area contributed by atoms with E-state index in [1.165, 1.54) is 16.0 Å². The Labute approximate surface area is 171 Å². The Kier molecular flexibility index (Phi) is 6.75. The highest BCUT2D eigenvalue weighted by Crippen LogP contribution is 2.31. The highest BCUT2D eigenvalue weighted by Gasteiger charge is 2.32. The molecule has 0 aliphatic carbocycles. The van der Waals surface area contributed by atoms with Gasteiger partial charge in [-0.05, 0) is 51.5 Å². The fourth-order valence-electron chi connectivity index (χ4n) is 3.48. The van der Waals surface area contributed by atoms with Crippen LogP contribution in [0.25, 0.3) is 0 Å². The van der Waals surface area contributed by atoms with Crippen LogP contribution >= 0.6 is 11.8 Å². The Morgan fingerprint density at radius 1 is 1.25 bits per heavy atom. The Bertz CT molecular complexity index is 832. The molecule has 0 spiro atoms. The van der Waals surface area contributed by atoms with Gasteiger partial charge in [0.05, 0.1) is 25.3 Å². The fourth-order valence-corrected chi connectivity index (χ4v) is 4.43. The monoisotopic (exact) mass is 400 g/mol. The molecule has 1 aromatic carbocycles. The van der Waals surface area contributed by atoms with E-state index in [1.54, 1.807) is 18.0 Å². The second kappa shape index (κ2) is 9.07. The molecule has 1 saturated heterocycles. The van der Waals surface area contributed by atoms with Crippen LogP contribution in [0.2, 0.25) is 0 Å². The fraction of sp³-hybridized carbons (Fsp3) is 0.455. The number of hydrogen-bond donors (Lipinski definition) is 2. The molecule has 0 bridgehead atoms. The maximum atomic E-state index is 12.9. The molecule has 1 aromatic heterocycles. The molecule has 1 aliphatic rings. The molecule has 2 aromatic rings. The van der Waals surface area contributed by atoms with Crippen molar-refractivity contribution in [1.82, 2.24) is 10.3 Å². The van der Waals surface area contributed by atoms with E-state index in [9.17, 15) is 4.79 Å². The van der Waals surface area contributed by atoms with E-state index in [0.29, 0.717) is 12.1 Å². The molecule has 0 radical (unpaired) electrons. The van der Waals surface area contributed by atoms with Gasteiger partial charge in [0.1, 0.15) is 23.7 Å². The van der Waals surface area contributed by atoms with Gasteiger partial charge < -0.3 is 15.0 Å². The average molecular weight is 401 g/mol. The lowest BCUT2D eigenvalue weighted by Gasteiger charge is -2.37. The predicted molar refractivity (Wildman–Crippen MR) is 112 cm³/mol. The van der Waals surface area contributed by atoms with Crippen molar-refractivity contribution in [3.05, 3.63) is 53.2 Å². The van der Waals surface area contributed by atoms with E-state index in [4.69, 9.17) is 4.74 Å². The Balaban J connectivity index is 1.70. The van der Waals surface area contributed by atoms with Crippen molar-refractivity contribution in [2.24, 2.45) is 0 Å². The molecule has 150 valence electrons. The summed E-state index contributed by atoms with van der Waals surface area (Å²) in [4.78, 5) is 20.0. The summed E-state index contributed by atoms with van der Waals surface area (Å²) in [5, 5.41) is 3.87. The molecule has 3 rings (SSSR count). The minimum absolute atomic E-state index is 0.0392. The number of hydrogen-bond acceptors (Lipinski definition) is 4. The topological polar surface area (TPSA) is 55.7 Å². The maximum absolute atomic E-state index is 12.9. The quantitative estimate of drug-likeness (QED) is 0.781. The molecule has 2 N–H and O–H groups in total. The smallest absolute Gasteiger partial charge is 0.254 e. The van der Waals surface area contributed by atoms with Crippen LogP contribution in [0.15, 0.2) is 46.5 Å². The molecule has 1 amide bonds. The normalized spacial score (nSPS) is 15.4. The van der Waals surface area contributed by atoms with E-state index in [0.717, 1.165) is 36.2 Å². The number of aryl methyl sites for hydroxylation is 2. The van der Waals surface area contributed by atoms with Crippen molar-refractivity contribution in [2.75, 3.05) is 32.8 Å². The number of carbonyl (C=O) groups is 1. The zero-order valence-corrected chi connectivity index (χ0v) is 18.0. The first-order chi connectivity index (χ1) is 13.4. The zero-order chi connectivity index (χ0) is 20.1. The first-order valence-corrected chi connectivity index (χ1v) is 10.6. The summed E-state index contributed by atoms with van der Waals surface area (Å²) in [5.74, 6) is -0.0684. The van der Waals surface area contributed by atoms with Gasteiger partial charge in [0.2, 0.25) is 0 Å². The molecular weight excluding hydrogens is 370 g/mol. The standard InChI is InChI=1S/C22H29N3O2S/c1-16-7-8-19(17(2)14-16)28-21-18(6-5-9-23-21)20(26)24-15-22(3,4)25-10-12-27-13-11-25/h5-9,14H,10-13,15H2,1-4H3,(H,24,26)/p+1. The first kappa shape index (κ1) is 20.8. The van der Waals surface area contributed by atoms with Crippen molar-refractivity contribution >= 4 is 17.7 Å².